The molecule has 0 heterocycles. The first-order valence-corrected chi connectivity index (χ1v) is 8.54. The van der Waals surface area contributed by atoms with Crippen LogP contribution in [0.1, 0.15) is 5.56 Å². The first-order chi connectivity index (χ1) is 9.44. The number of hydrogen-bond donors (Lipinski definition) is 2. The van der Waals surface area contributed by atoms with Crippen LogP contribution in [0.25, 0.3) is 0 Å². The van der Waals surface area contributed by atoms with Crippen molar-refractivity contribution in [3.63, 3.8) is 0 Å². The van der Waals surface area contributed by atoms with E-state index >= 15 is 0 Å². The number of nitrogens with one attached hydrogen (secondary N) is 1. The van der Waals surface area contributed by atoms with Crippen molar-refractivity contribution in [2.75, 3.05) is 4.72 Å². The fraction of sp³-hybridized carbons (Fsp3) is 0.0769. The van der Waals surface area contributed by atoms with Gasteiger partial charge in [0.05, 0.1) is 17.2 Å². The first kappa shape index (κ1) is 15.6. The minimum atomic E-state index is -3.71. The molecule has 0 atom stereocenters. The van der Waals surface area contributed by atoms with E-state index in [-0.39, 0.29) is 11.5 Å². The third kappa shape index (κ3) is 3.43. The minimum absolute atomic E-state index is 0.0607. The van der Waals surface area contributed by atoms with Crippen molar-refractivity contribution in [3.05, 3.63) is 56.6 Å². The molecule has 2 aromatic rings. The molecule has 20 heavy (non-hydrogen) atoms. The zero-order valence-corrected chi connectivity index (χ0v) is 13.9. The van der Waals surface area contributed by atoms with E-state index in [1.807, 2.05) is 6.07 Å². The molecule has 0 aromatic heterocycles. The molecule has 0 amide bonds. The molecular formula is C13H11ClINO3S. The summed E-state index contributed by atoms with van der Waals surface area (Å²) in [5.41, 5.74) is 0.880. The second kappa shape index (κ2) is 6.30. The van der Waals surface area contributed by atoms with E-state index < -0.39 is 10.0 Å². The van der Waals surface area contributed by atoms with E-state index in [1.54, 1.807) is 18.2 Å². The Morgan fingerprint density at radius 3 is 2.55 bits per heavy atom. The standard InChI is InChI=1S/C13H11ClINO3S/c14-11-6-5-10(7-9(11)8-17)20(18,19)16-13-4-2-1-3-12(13)15/h1-7,16-17H,8H2. The molecule has 0 bridgehead atoms. The Kier molecular flexibility index (Phi) is 4.90. The lowest BCUT2D eigenvalue weighted by atomic mass is 10.2. The number of anilines is 1. The van der Waals surface area contributed by atoms with Gasteiger partial charge >= 0.3 is 0 Å². The highest BCUT2D eigenvalue weighted by Gasteiger charge is 2.16. The number of rotatable bonds is 4. The molecule has 2 aromatic carbocycles. The molecule has 0 saturated heterocycles. The molecule has 2 N–H and O–H groups in total. The molecule has 0 aliphatic carbocycles. The maximum atomic E-state index is 12.3. The molecule has 0 fully saturated rings. The van der Waals surface area contributed by atoms with Crippen LogP contribution in [0, 0.1) is 3.57 Å². The van der Waals surface area contributed by atoms with Gasteiger partial charge in [0.15, 0.2) is 0 Å². The van der Waals surface area contributed by atoms with Gasteiger partial charge in [0.1, 0.15) is 0 Å². The largest absolute Gasteiger partial charge is 0.392 e. The zero-order chi connectivity index (χ0) is 14.8. The van der Waals surface area contributed by atoms with Crippen LogP contribution in [-0.4, -0.2) is 13.5 Å². The predicted octanol–water partition coefficient (Wildman–Crippen LogP) is 3.24. The Labute approximate surface area is 136 Å². The van der Waals surface area contributed by atoms with Crippen molar-refractivity contribution >= 4 is 49.9 Å². The van der Waals surface area contributed by atoms with Gasteiger partial charge in [0.25, 0.3) is 10.0 Å². The maximum absolute atomic E-state index is 12.3. The number of para-hydroxylation sites is 1. The summed E-state index contributed by atoms with van der Waals surface area (Å²) in [5, 5.41) is 9.48. The lowest BCUT2D eigenvalue weighted by molar-refractivity contribution is 0.281. The van der Waals surface area contributed by atoms with Crippen LogP contribution in [0.2, 0.25) is 5.02 Å². The average Bonchev–Trinajstić information content (AvgIpc) is 2.41. The van der Waals surface area contributed by atoms with E-state index in [1.165, 1.54) is 18.2 Å². The van der Waals surface area contributed by atoms with Crippen LogP contribution >= 0.6 is 34.2 Å². The summed E-state index contributed by atoms with van der Waals surface area (Å²) in [6, 6.07) is 11.3. The Bertz CT molecular complexity index is 734. The molecular weight excluding hydrogens is 413 g/mol. The van der Waals surface area contributed by atoms with Gasteiger partial charge in [-0.1, -0.05) is 23.7 Å². The van der Waals surface area contributed by atoms with Gasteiger partial charge in [0.2, 0.25) is 0 Å². The van der Waals surface area contributed by atoms with Gasteiger partial charge in [-0.3, -0.25) is 4.72 Å². The summed E-state index contributed by atoms with van der Waals surface area (Å²) < 4.78 is 27.9. The number of benzene rings is 2. The predicted molar refractivity (Wildman–Crippen MR) is 87.3 cm³/mol. The van der Waals surface area contributed by atoms with Gasteiger partial charge < -0.3 is 5.11 Å². The normalized spacial score (nSPS) is 11.3. The SMILES string of the molecule is O=S(=O)(Nc1ccccc1I)c1ccc(Cl)c(CO)c1. The number of hydrogen-bond acceptors (Lipinski definition) is 3. The number of sulfonamides is 1. The molecule has 4 nitrogen and oxygen atoms in total. The van der Waals surface area contributed by atoms with Crippen molar-refractivity contribution in [2.24, 2.45) is 0 Å². The number of aliphatic hydroxyl groups is 1. The quantitative estimate of drug-likeness (QED) is 0.742. The lowest BCUT2D eigenvalue weighted by Gasteiger charge is -2.11. The van der Waals surface area contributed by atoms with Crippen molar-refractivity contribution in [1.82, 2.24) is 0 Å². The summed E-state index contributed by atoms with van der Waals surface area (Å²) in [6.07, 6.45) is 0. The van der Waals surface area contributed by atoms with Crippen LogP contribution in [0.5, 0.6) is 0 Å². The summed E-state index contributed by atoms with van der Waals surface area (Å²) in [7, 11) is -3.71. The van der Waals surface area contributed by atoms with Gasteiger partial charge in [-0.25, -0.2) is 8.42 Å². The number of halogens is 2. The highest BCUT2D eigenvalue weighted by Crippen LogP contribution is 2.24. The highest BCUT2D eigenvalue weighted by molar-refractivity contribution is 14.1. The monoisotopic (exact) mass is 423 g/mol. The van der Waals surface area contributed by atoms with E-state index in [4.69, 9.17) is 16.7 Å². The van der Waals surface area contributed by atoms with Crippen molar-refractivity contribution in [2.45, 2.75) is 11.5 Å². The van der Waals surface area contributed by atoms with Crippen molar-refractivity contribution in [1.29, 1.82) is 0 Å². The second-order valence-electron chi connectivity index (χ2n) is 4.00. The molecule has 2 rings (SSSR count). The van der Waals surface area contributed by atoms with Crippen LogP contribution in [0.4, 0.5) is 5.69 Å². The van der Waals surface area contributed by atoms with Gasteiger partial charge in [0, 0.05) is 8.59 Å². The van der Waals surface area contributed by atoms with Crippen LogP contribution in [-0.2, 0) is 16.6 Å². The van der Waals surface area contributed by atoms with Gasteiger partial charge in [-0.05, 0) is 58.5 Å². The average molecular weight is 424 g/mol. The number of aliphatic hydroxyl groups excluding tert-OH is 1. The van der Waals surface area contributed by atoms with Crippen molar-refractivity contribution < 1.29 is 13.5 Å². The molecule has 0 aliphatic rings. The Hall–Kier alpha value is -0.830. The van der Waals surface area contributed by atoms with Gasteiger partial charge in [-0.2, -0.15) is 0 Å². The topological polar surface area (TPSA) is 66.4 Å². The molecule has 0 saturated carbocycles. The fourth-order valence-electron chi connectivity index (χ4n) is 1.59. The van der Waals surface area contributed by atoms with Crippen LogP contribution in [0.15, 0.2) is 47.4 Å². The lowest BCUT2D eigenvalue weighted by Crippen LogP contribution is -2.14. The second-order valence-corrected chi connectivity index (χ2v) is 7.25. The van der Waals surface area contributed by atoms with E-state index in [9.17, 15) is 8.42 Å². The molecule has 0 aliphatic heterocycles. The molecule has 0 radical (unpaired) electrons. The van der Waals surface area contributed by atoms with E-state index in [0.717, 1.165) is 3.57 Å². The molecule has 106 valence electrons. The minimum Gasteiger partial charge on any atom is -0.392 e. The third-order valence-corrected chi connectivity index (χ3v) is 5.29. The fourth-order valence-corrected chi connectivity index (χ4v) is 3.60. The zero-order valence-electron chi connectivity index (χ0n) is 10.2. The molecule has 0 spiro atoms. The Morgan fingerprint density at radius 1 is 1.20 bits per heavy atom. The van der Waals surface area contributed by atoms with E-state index in [0.29, 0.717) is 16.3 Å². The summed E-state index contributed by atoms with van der Waals surface area (Å²) in [5.74, 6) is 0. The Morgan fingerprint density at radius 2 is 1.90 bits per heavy atom. The highest BCUT2D eigenvalue weighted by atomic mass is 127. The van der Waals surface area contributed by atoms with Crippen molar-refractivity contribution in [3.8, 4) is 0 Å². The first-order valence-electron chi connectivity index (χ1n) is 5.60. The molecule has 7 heteroatoms. The summed E-state index contributed by atoms with van der Waals surface area (Å²) in [6.45, 7) is -0.314. The summed E-state index contributed by atoms with van der Waals surface area (Å²) >= 11 is 7.91. The van der Waals surface area contributed by atoms with Crippen LogP contribution in [0.3, 0.4) is 0 Å². The molecule has 0 unspecified atom stereocenters. The maximum Gasteiger partial charge on any atom is 0.261 e. The smallest absolute Gasteiger partial charge is 0.261 e. The third-order valence-electron chi connectivity index (χ3n) is 2.62. The Balaban J connectivity index is 2.38. The van der Waals surface area contributed by atoms with E-state index in [2.05, 4.69) is 27.3 Å². The summed E-state index contributed by atoms with van der Waals surface area (Å²) in [4.78, 5) is 0.0607. The van der Waals surface area contributed by atoms with Crippen LogP contribution < -0.4 is 4.72 Å². The van der Waals surface area contributed by atoms with Gasteiger partial charge in [-0.15, -0.1) is 0 Å².